The van der Waals surface area contributed by atoms with Crippen LogP contribution in [0.25, 0.3) is 0 Å². The van der Waals surface area contributed by atoms with E-state index in [1.807, 2.05) is 11.3 Å². The van der Waals surface area contributed by atoms with Gasteiger partial charge in [-0.25, -0.2) is 0 Å². The van der Waals surface area contributed by atoms with Gasteiger partial charge in [-0.1, -0.05) is 0 Å². The van der Waals surface area contributed by atoms with Crippen molar-refractivity contribution in [1.29, 1.82) is 0 Å². The fraction of sp³-hybridized carbons (Fsp3) is 0.733. The number of nitrogens with one attached hydrogen (secondary N) is 1. The average Bonchev–Trinajstić information content (AvgIpc) is 2.74. The summed E-state index contributed by atoms with van der Waals surface area (Å²) in [7, 11) is 2.23. The van der Waals surface area contributed by atoms with Crippen LogP contribution in [-0.2, 0) is 6.42 Å². The van der Waals surface area contributed by atoms with Gasteiger partial charge >= 0.3 is 0 Å². The van der Waals surface area contributed by atoms with Gasteiger partial charge in [-0.05, 0) is 77.8 Å². The molecule has 3 heteroatoms. The van der Waals surface area contributed by atoms with Crippen LogP contribution in [-0.4, -0.2) is 37.6 Å². The summed E-state index contributed by atoms with van der Waals surface area (Å²) in [6.07, 6.45) is 3.88. The minimum absolute atomic E-state index is 0.600. The molecule has 1 aliphatic heterocycles. The molecule has 2 nitrogen and oxygen atoms in total. The van der Waals surface area contributed by atoms with Crippen molar-refractivity contribution in [3.05, 3.63) is 21.9 Å². The first kappa shape index (κ1) is 14.0. The Hall–Kier alpha value is -0.380. The smallest absolute Gasteiger partial charge is 0.00871 e. The second-order valence-electron chi connectivity index (χ2n) is 5.77. The van der Waals surface area contributed by atoms with E-state index >= 15 is 0 Å². The Morgan fingerprint density at radius 3 is 2.72 bits per heavy atom. The molecule has 0 radical (unpaired) electrons. The van der Waals surface area contributed by atoms with Gasteiger partial charge in [0.15, 0.2) is 0 Å². The zero-order valence-electron chi connectivity index (χ0n) is 11.9. The van der Waals surface area contributed by atoms with E-state index in [0.717, 1.165) is 5.92 Å². The number of aryl methyl sites for hydroxylation is 1. The second kappa shape index (κ2) is 6.69. The third-order valence-corrected chi connectivity index (χ3v) is 4.92. The lowest BCUT2D eigenvalue weighted by molar-refractivity contribution is 0.213. The van der Waals surface area contributed by atoms with Crippen molar-refractivity contribution in [2.45, 2.75) is 39.2 Å². The molecule has 1 aliphatic rings. The molecule has 1 aromatic rings. The Balaban J connectivity index is 1.67. The number of nitrogens with zero attached hydrogens (tertiary/aromatic N) is 1. The van der Waals surface area contributed by atoms with Crippen LogP contribution in [0.4, 0.5) is 0 Å². The highest BCUT2D eigenvalue weighted by molar-refractivity contribution is 7.11. The minimum Gasteiger partial charge on any atom is -0.314 e. The molecule has 1 aromatic heterocycles. The molecule has 0 bridgehead atoms. The van der Waals surface area contributed by atoms with Gasteiger partial charge in [0.25, 0.3) is 0 Å². The maximum absolute atomic E-state index is 3.71. The molecule has 0 spiro atoms. The standard InChI is InChI=1S/C15H26N2S/c1-12(10-15-5-4-13(2)18-15)16-11-14-6-8-17(3)9-7-14/h4-5,12,14,16H,6-11H2,1-3H3. The van der Waals surface area contributed by atoms with Crippen LogP contribution >= 0.6 is 11.3 Å². The zero-order chi connectivity index (χ0) is 13.0. The topological polar surface area (TPSA) is 15.3 Å². The lowest BCUT2D eigenvalue weighted by Crippen LogP contribution is -2.38. The van der Waals surface area contributed by atoms with E-state index in [1.165, 1.54) is 48.7 Å². The predicted molar refractivity (Wildman–Crippen MR) is 80.4 cm³/mol. The lowest BCUT2D eigenvalue weighted by Gasteiger charge is -2.29. The third-order valence-electron chi connectivity index (χ3n) is 3.90. The Bertz CT molecular complexity index is 353. The summed E-state index contributed by atoms with van der Waals surface area (Å²) in [6, 6.07) is 5.10. The van der Waals surface area contributed by atoms with Crippen LogP contribution in [0.15, 0.2) is 12.1 Å². The molecule has 0 saturated carbocycles. The summed E-state index contributed by atoms with van der Waals surface area (Å²) in [5.41, 5.74) is 0. The van der Waals surface area contributed by atoms with Crippen LogP contribution in [0.1, 0.15) is 29.5 Å². The van der Waals surface area contributed by atoms with Crippen molar-refractivity contribution < 1.29 is 0 Å². The highest BCUT2D eigenvalue weighted by Crippen LogP contribution is 2.18. The van der Waals surface area contributed by atoms with Crippen molar-refractivity contribution in [1.82, 2.24) is 10.2 Å². The van der Waals surface area contributed by atoms with E-state index in [1.54, 1.807) is 0 Å². The van der Waals surface area contributed by atoms with E-state index in [0.29, 0.717) is 6.04 Å². The fourth-order valence-corrected chi connectivity index (χ4v) is 3.62. The Kier molecular flexibility index (Phi) is 5.22. The Morgan fingerprint density at radius 2 is 2.11 bits per heavy atom. The summed E-state index contributed by atoms with van der Waals surface area (Å²) in [5, 5.41) is 3.71. The van der Waals surface area contributed by atoms with Crippen LogP contribution in [0.3, 0.4) is 0 Å². The van der Waals surface area contributed by atoms with E-state index in [9.17, 15) is 0 Å². The molecule has 102 valence electrons. The minimum atomic E-state index is 0.600. The van der Waals surface area contributed by atoms with Crippen molar-refractivity contribution in [3.63, 3.8) is 0 Å². The summed E-state index contributed by atoms with van der Waals surface area (Å²) in [4.78, 5) is 5.37. The van der Waals surface area contributed by atoms with Crippen molar-refractivity contribution in [2.75, 3.05) is 26.7 Å². The zero-order valence-corrected chi connectivity index (χ0v) is 12.7. The van der Waals surface area contributed by atoms with E-state index in [-0.39, 0.29) is 0 Å². The van der Waals surface area contributed by atoms with Crippen molar-refractivity contribution in [3.8, 4) is 0 Å². The van der Waals surface area contributed by atoms with Gasteiger partial charge in [-0.2, -0.15) is 0 Å². The van der Waals surface area contributed by atoms with Gasteiger partial charge < -0.3 is 10.2 Å². The van der Waals surface area contributed by atoms with E-state index < -0.39 is 0 Å². The van der Waals surface area contributed by atoms with Crippen LogP contribution < -0.4 is 5.32 Å². The number of rotatable bonds is 5. The fourth-order valence-electron chi connectivity index (χ4n) is 2.60. The maximum atomic E-state index is 3.71. The highest BCUT2D eigenvalue weighted by atomic mass is 32.1. The number of piperidine rings is 1. The third kappa shape index (κ3) is 4.38. The molecule has 0 aromatic carbocycles. The number of likely N-dealkylation sites (tertiary alicyclic amines) is 1. The maximum Gasteiger partial charge on any atom is 0.00871 e. The van der Waals surface area contributed by atoms with Gasteiger partial charge in [0.2, 0.25) is 0 Å². The molecular formula is C15H26N2S. The molecule has 1 atom stereocenters. The van der Waals surface area contributed by atoms with Crippen LogP contribution in [0.5, 0.6) is 0 Å². The average molecular weight is 266 g/mol. The van der Waals surface area contributed by atoms with Crippen molar-refractivity contribution in [2.24, 2.45) is 5.92 Å². The van der Waals surface area contributed by atoms with Gasteiger partial charge in [0, 0.05) is 15.8 Å². The van der Waals surface area contributed by atoms with E-state index in [2.05, 4.69) is 43.2 Å². The first-order valence-corrected chi connectivity index (χ1v) is 7.92. The largest absolute Gasteiger partial charge is 0.314 e. The molecule has 1 saturated heterocycles. The molecule has 1 unspecified atom stereocenters. The van der Waals surface area contributed by atoms with Gasteiger partial charge in [-0.3, -0.25) is 0 Å². The van der Waals surface area contributed by atoms with Crippen molar-refractivity contribution >= 4 is 11.3 Å². The van der Waals surface area contributed by atoms with Crippen LogP contribution in [0, 0.1) is 12.8 Å². The molecule has 0 amide bonds. The number of hydrogen-bond acceptors (Lipinski definition) is 3. The first-order chi connectivity index (χ1) is 8.63. The molecule has 18 heavy (non-hydrogen) atoms. The normalized spacial score (nSPS) is 20.2. The molecule has 0 aliphatic carbocycles. The molecule has 1 fully saturated rings. The second-order valence-corrected chi connectivity index (χ2v) is 7.14. The highest BCUT2D eigenvalue weighted by Gasteiger charge is 2.17. The number of thiophene rings is 1. The summed E-state index contributed by atoms with van der Waals surface area (Å²) < 4.78 is 0. The Morgan fingerprint density at radius 1 is 1.39 bits per heavy atom. The predicted octanol–water partition coefficient (Wildman–Crippen LogP) is 2.92. The SMILES string of the molecule is Cc1ccc(CC(C)NCC2CCN(C)CC2)s1. The first-order valence-electron chi connectivity index (χ1n) is 7.10. The summed E-state index contributed by atoms with van der Waals surface area (Å²) in [5.74, 6) is 0.883. The number of hydrogen-bond donors (Lipinski definition) is 1. The van der Waals surface area contributed by atoms with Gasteiger partial charge in [0.05, 0.1) is 0 Å². The summed E-state index contributed by atoms with van der Waals surface area (Å²) in [6.45, 7) is 8.23. The van der Waals surface area contributed by atoms with Gasteiger partial charge in [-0.15, -0.1) is 11.3 Å². The molecule has 1 N–H and O–H groups in total. The molecular weight excluding hydrogens is 240 g/mol. The van der Waals surface area contributed by atoms with Gasteiger partial charge in [0.1, 0.15) is 0 Å². The summed E-state index contributed by atoms with van der Waals surface area (Å²) >= 11 is 1.93. The molecule has 2 rings (SSSR count). The lowest BCUT2D eigenvalue weighted by atomic mass is 9.97. The molecule has 2 heterocycles. The quantitative estimate of drug-likeness (QED) is 0.881. The van der Waals surface area contributed by atoms with Crippen LogP contribution in [0.2, 0.25) is 0 Å². The Labute approximate surface area is 115 Å². The monoisotopic (exact) mass is 266 g/mol. The van der Waals surface area contributed by atoms with E-state index in [4.69, 9.17) is 0 Å².